The average Bonchev–Trinajstić information content (AvgIpc) is 3.81. The number of benzene rings is 5. The summed E-state index contributed by atoms with van der Waals surface area (Å²) < 4.78 is 32.7. The van der Waals surface area contributed by atoms with Crippen LogP contribution < -0.4 is 25.4 Å². The number of nitrogens with one attached hydrogen (secondary N) is 1. The van der Waals surface area contributed by atoms with Gasteiger partial charge in [-0.1, -0.05) is 104 Å². The first kappa shape index (κ1) is 41.9. The molecular formula is C45H52FN5O6. The molecule has 0 bridgehead atoms. The van der Waals surface area contributed by atoms with Crippen LogP contribution in [-0.2, 0) is 9.53 Å². The summed E-state index contributed by atoms with van der Waals surface area (Å²) in [5.41, 5.74) is 13.9. The molecule has 6 aromatic rings. The van der Waals surface area contributed by atoms with Gasteiger partial charge in [0.15, 0.2) is 5.78 Å². The molecule has 0 saturated heterocycles. The zero-order valence-electron chi connectivity index (χ0n) is 34.1. The van der Waals surface area contributed by atoms with Crippen molar-refractivity contribution in [2.75, 3.05) is 41.1 Å². The van der Waals surface area contributed by atoms with Crippen molar-refractivity contribution in [1.82, 2.24) is 20.5 Å². The molecule has 0 saturated carbocycles. The van der Waals surface area contributed by atoms with Crippen LogP contribution in [0.4, 0.5) is 9.18 Å². The van der Waals surface area contributed by atoms with Crippen molar-refractivity contribution in [3.05, 3.63) is 143 Å². The minimum atomic E-state index is -1.00. The highest BCUT2D eigenvalue weighted by Gasteiger charge is 2.30. The van der Waals surface area contributed by atoms with Gasteiger partial charge in [0.1, 0.15) is 42.9 Å². The molecule has 5 aromatic carbocycles. The van der Waals surface area contributed by atoms with Crippen molar-refractivity contribution >= 4 is 22.9 Å². The van der Waals surface area contributed by atoms with Crippen LogP contribution in [0, 0.1) is 6.92 Å². The molecule has 1 aliphatic carbocycles. The summed E-state index contributed by atoms with van der Waals surface area (Å²) in [6.45, 7) is 6.87. The number of aromatic nitrogens is 3. The normalized spacial score (nSPS) is 11.7. The molecule has 1 unspecified atom stereocenters. The lowest BCUT2D eigenvalue weighted by atomic mass is 9.96. The molecule has 12 heteroatoms. The first-order valence-electron chi connectivity index (χ1n) is 19.3. The molecule has 1 heterocycles. The van der Waals surface area contributed by atoms with Crippen molar-refractivity contribution in [3.63, 3.8) is 0 Å². The van der Waals surface area contributed by atoms with Gasteiger partial charge in [0.25, 0.3) is 0 Å². The number of nitrogens with two attached hydrogens (primary N) is 1. The Labute approximate surface area is 335 Å². The molecule has 0 aliphatic heterocycles. The smallest absolute Gasteiger partial charge is 0.407 e. The van der Waals surface area contributed by atoms with Gasteiger partial charge >= 0.3 is 6.09 Å². The average molecular weight is 779 g/mol. The SMILES string of the molecule is CCCC(=O)COc1ccc(C(NC(=O)OCC2c3ccccc3-c3ccccc32)c2ccc(C)cc2OC)cc1.CCN.COn1nnc2ccccc21.[2H]CF. The van der Waals surface area contributed by atoms with Crippen LogP contribution in [0.1, 0.15) is 67.8 Å². The van der Waals surface area contributed by atoms with E-state index in [1.807, 2.05) is 112 Å². The van der Waals surface area contributed by atoms with Crippen LogP contribution >= 0.6 is 0 Å². The van der Waals surface area contributed by atoms with Crippen molar-refractivity contribution < 1.29 is 34.4 Å². The minimum absolute atomic E-state index is 0.0349. The Bertz CT molecular complexity index is 2150. The predicted molar refractivity (Wildman–Crippen MR) is 221 cm³/mol. The van der Waals surface area contributed by atoms with Crippen molar-refractivity contribution in [3.8, 4) is 22.6 Å². The maximum absolute atomic E-state index is 13.3. The lowest BCUT2D eigenvalue weighted by molar-refractivity contribution is -0.121. The van der Waals surface area contributed by atoms with Gasteiger partial charge in [-0.15, -0.1) is 5.10 Å². The van der Waals surface area contributed by atoms with E-state index in [9.17, 15) is 14.0 Å². The zero-order chi connectivity index (χ0) is 41.9. The molecule has 0 radical (unpaired) electrons. The van der Waals surface area contributed by atoms with Gasteiger partial charge in [-0.25, -0.2) is 4.79 Å². The van der Waals surface area contributed by atoms with Crippen molar-refractivity contribution in [1.29, 1.82) is 0 Å². The van der Waals surface area contributed by atoms with Crippen LogP contribution in [0.5, 0.6) is 11.5 Å². The third-order valence-corrected chi connectivity index (χ3v) is 8.94. The van der Waals surface area contributed by atoms with Gasteiger partial charge in [-0.3, -0.25) is 9.18 Å². The molecule has 0 fully saturated rings. The number of Topliss-reactive ketones (excluding diaryl/α,β-unsaturated/α-hetero) is 1. The maximum Gasteiger partial charge on any atom is 0.407 e. The maximum atomic E-state index is 13.3. The Hall–Kier alpha value is -6.27. The minimum Gasteiger partial charge on any atom is -0.496 e. The predicted octanol–water partition coefficient (Wildman–Crippen LogP) is 8.42. The van der Waals surface area contributed by atoms with Crippen LogP contribution in [0.25, 0.3) is 22.2 Å². The van der Waals surface area contributed by atoms with Gasteiger partial charge < -0.3 is 30.1 Å². The van der Waals surface area contributed by atoms with E-state index < -0.39 is 19.3 Å². The number of alkyl carbamates (subject to hydrolysis) is 1. The lowest BCUT2D eigenvalue weighted by Gasteiger charge is -2.23. The summed E-state index contributed by atoms with van der Waals surface area (Å²) in [5, 5.41) is 10.7. The van der Waals surface area contributed by atoms with Crippen molar-refractivity contribution in [2.24, 2.45) is 5.73 Å². The topological polar surface area (TPSA) is 140 Å². The largest absolute Gasteiger partial charge is 0.496 e. The number of ketones is 1. The molecular weight excluding hydrogens is 726 g/mol. The third kappa shape index (κ3) is 11.4. The van der Waals surface area contributed by atoms with Crippen LogP contribution in [0.3, 0.4) is 0 Å². The Morgan fingerprint density at radius 1 is 0.912 bits per heavy atom. The number of hydrogen-bond acceptors (Lipinski definition) is 9. The lowest BCUT2D eigenvalue weighted by Crippen LogP contribution is -2.31. The Morgan fingerprint density at radius 3 is 2.14 bits per heavy atom. The quantitative estimate of drug-likeness (QED) is 0.125. The Morgan fingerprint density at radius 2 is 1.53 bits per heavy atom. The first-order chi connectivity index (χ1) is 28.2. The van der Waals surface area contributed by atoms with E-state index in [0.717, 1.165) is 51.8 Å². The fourth-order valence-corrected chi connectivity index (χ4v) is 6.41. The van der Waals surface area contributed by atoms with Crippen LogP contribution in [0.2, 0.25) is 0 Å². The molecule has 0 spiro atoms. The third-order valence-electron chi connectivity index (χ3n) is 8.94. The number of aryl methyl sites for hydroxylation is 1. The number of para-hydroxylation sites is 1. The summed E-state index contributed by atoms with van der Waals surface area (Å²) >= 11 is 0. The van der Waals surface area contributed by atoms with Gasteiger partial charge in [0.05, 0.1) is 21.7 Å². The number of nitrogens with zero attached hydrogens (tertiary/aromatic N) is 3. The molecule has 57 heavy (non-hydrogen) atoms. The fraction of sp³-hybridized carbons (Fsp3) is 0.289. The molecule has 11 nitrogen and oxygen atoms in total. The molecule has 3 N–H and O–H groups in total. The van der Waals surface area contributed by atoms with Gasteiger partial charge in [-0.05, 0) is 88.8 Å². The zero-order valence-corrected chi connectivity index (χ0v) is 33.1. The monoisotopic (exact) mass is 778 g/mol. The van der Waals surface area contributed by atoms with E-state index in [4.69, 9.17) is 26.2 Å². The Kier molecular flexibility index (Phi) is 16.4. The van der Waals surface area contributed by atoms with Gasteiger partial charge in [0.2, 0.25) is 0 Å². The number of alkyl halides is 1. The number of hydrogen-bond donors (Lipinski definition) is 2. The number of amides is 1. The molecule has 1 aliphatic rings. The number of rotatable bonds is 12. The number of ether oxygens (including phenoxy) is 3. The molecule has 7 rings (SSSR count). The standard InChI is InChI=1S/C35H35NO5.C7H7N3O.C2H7N.CH3F/c1-4-9-25(37)21-40-26-17-15-24(16-18-26)34(31-19-14-23(2)20-33(31)39-3)36-35(38)41-22-32-29-12-7-5-10-27(29)28-11-6-8-13-30(28)32;1-11-10-7-5-3-2-4-6(7)8-9-10;1-2-3;1-2/h5-8,10-20,32,34H,4,9,21-22H2,1-3H3,(H,36,38);2-5H,1H3;2-3H2,1H3;1H3/i;;;1D. The van der Waals surface area contributed by atoms with Crippen LogP contribution in [0.15, 0.2) is 115 Å². The molecule has 1 atom stereocenters. The summed E-state index contributed by atoms with van der Waals surface area (Å²) in [4.78, 5) is 31.5. The van der Waals surface area contributed by atoms with Gasteiger partial charge in [0, 0.05) is 17.9 Å². The summed E-state index contributed by atoms with van der Waals surface area (Å²) in [6.07, 6.45) is 0.769. The Balaban J connectivity index is 0.000000363. The van der Waals surface area contributed by atoms with E-state index in [1.165, 1.54) is 16.0 Å². The first-order valence-corrected chi connectivity index (χ1v) is 18.6. The number of carbonyl (C=O) groups is 2. The van der Waals surface area contributed by atoms with Crippen molar-refractivity contribution in [2.45, 2.75) is 45.6 Å². The van der Waals surface area contributed by atoms with E-state index in [2.05, 4.69) is 39.9 Å². The van der Waals surface area contributed by atoms with Crippen LogP contribution in [-0.4, -0.2) is 68.2 Å². The van der Waals surface area contributed by atoms with Gasteiger partial charge in [-0.2, -0.15) is 0 Å². The number of methoxy groups -OCH3 is 1. The second kappa shape index (κ2) is 22.3. The van der Waals surface area contributed by atoms with E-state index in [0.29, 0.717) is 17.9 Å². The highest BCUT2D eigenvalue weighted by molar-refractivity contribution is 5.80. The highest BCUT2D eigenvalue weighted by Crippen LogP contribution is 2.44. The molecule has 300 valence electrons. The fourth-order valence-electron chi connectivity index (χ4n) is 6.41. The second-order valence-electron chi connectivity index (χ2n) is 12.8. The summed E-state index contributed by atoms with van der Waals surface area (Å²) in [5.74, 6) is 1.29. The van der Waals surface area contributed by atoms with E-state index in [-0.39, 0.29) is 24.9 Å². The van der Waals surface area contributed by atoms with E-state index in [1.54, 1.807) is 14.2 Å². The van der Waals surface area contributed by atoms with E-state index >= 15 is 0 Å². The summed E-state index contributed by atoms with van der Waals surface area (Å²) in [6, 6.07) is 36.9. The molecule has 1 amide bonds. The number of fused-ring (bicyclic) bond motifs is 4. The second-order valence-corrected chi connectivity index (χ2v) is 12.8. The molecule has 1 aromatic heterocycles. The summed E-state index contributed by atoms with van der Waals surface area (Å²) in [7, 11) is 2.17. The number of carbonyl (C=O) groups excluding carboxylic acids is 2. The highest BCUT2D eigenvalue weighted by atomic mass is 19.1. The number of halogens is 1.